The van der Waals surface area contributed by atoms with Crippen LogP contribution in [0.5, 0.6) is 0 Å². The number of benzene rings is 2. The van der Waals surface area contributed by atoms with Gasteiger partial charge in [0.2, 0.25) is 5.91 Å². The molecular weight excluding hydrogens is 417 g/mol. The van der Waals surface area contributed by atoms with Crippen LogP contribution in [0.4, 0.5) is 10.1 Å². The highest BCUT2D eigenvalue weighted by Crippen LogP contribution is 2.19. The first-order chi connectivity index (χ1) is 12.8. The Labute approximate surface area is 165 Å². The summed E-state index contributed by atoms with van der Waals surface area (Å²) in [5.41, 5.74) is 0.923. The molecule has 0 unspecified atom stereocenters. The number of amides is 1. The largest absolute Gasteiger partial charge is 0.454 e. The summed E-state index contributed by atoms with van der Waals surface area (Å²) in [5, 5.41) is 2.75. The maximum atomic E-state index is 13.2. The van der Waals surface area contributed by atoms with Crippen LogP contribution in [0.1, 0.15) is 41.0 Å². The molecule has 7 heteroatoms. The second-order valence-corrected chi connectivity index (χ2v) is 7.20. The Hall–Kier alpha value is -2.54. The molecule has 142 valence electrons. The zero-order valence-corrected chi connectivity index (χ0v) is 16.5. The van der Waals surface area contributed by atoms with Crippen molar-refractivity contribution >= 4 is 39.3 Å². The van der Waals surface area contributed by atoms with E-state index in [0.29, 0.717) is 22.1 Å². The molecule has 0 bridgehead atoms. The molecule has 2 aromatic rings. The van der Waals surface area contributed by atoms with Crippen molar-refractivity contribution in [2.45, 2.75) is 20.3 Å². The predicted molar refractivity (Wildman–Crippen MR) is 103 cm³/mol. The molecule has 1 N–H and O–H groups in total. The summed E-state index contributed by atoms with van der Waals surface area (Å²) < 4.78 is 18.6. The van der Waals surface area contributed by atoms with E-state index >= 15 is 0 Å². The van der Waals surface area contributed by atoms with E-state index in [4.69, 9.17) is 4.74 Å². The number of ketones is 1. The van der Waals surface area contributed by atoms with Crippen LogP contribution in [0.2, 0.25) is 0 Å². The Morgan fingerprint density at radius 2 is 1.78 bits per heavy atom. The van der Waals surface area contributed by atoms with Gasteiger partial charge in [-0.2, -0.15) is 0 Å². The first-order valence-electron chi connectivity index (χ1n) is 8.31. The number of carbonyl (C=O) groups excluding carboxylic acids is 3. The predicted octanol–water partition coefficient (Wildman–Crippen LogP) is 4.61. The van der Waals surface area contributed by atoms with Crippen molar-refractivity contribution in [1.29, 1.82) is 0 Å². The number of anilines is 1. The Kier molecular flexibility index (Phi) is 7.24. The lowest BCUT2D eigenvalue weighted by Gasteiger charge is -2.08. The maximum absolute atomic E-state index is 13.2. The molecule has 0 atom stereocenters. The van der Waals surface area contributed by atoms with Crippen molar-refractivity contribution in [2.75, 3.05) is 11.9 Å². The van der Waals surface area contributed by atoms with E-state index < -0.39 is 24.2 Å². The minimum Gasteiger partial charge on any atom is -0.454 e. The third kappa shape index (κ3) is 6.29. The fraction of sp³-hybridized carbons (Fsp3) is 0.250. The van der Waals surface area contributed by atoms with Crippen LogP contribution < -0.4 is 5.32 Å². The van der Waals surface area contributed by atoms with Crippen molar-refractivity contribution in [3.8, 4) is 0 Å². The summed E-state index contributed by atoms with van der Waals surface area (Å²) >= 11 is 3.14. The van der Waals surface area contributed by atoms with Gasteiger partial charge in [-0.05, 0) is 64.3 Å². The summed E-state index contributed by atoms with van der Waals surface area (Å²) in [6, 6.07) is 9.92. The van der Waals surface area contributed by atoms with E-state index in [9.17, 15) is 18.8 Å². The van der Waals surface area contributed by atoms with E-state index in [-0.39, 0.29) is 17.4 Å². The quantitative estimate of drug-likeness (QED) is 0.508. The maximum Gasteiger partial charge on any atom is 0.339 e. The van der Waals surface area contributed by atoms with Gasteiger partial charge in [-0.25, -0.2) is 9.18 Å². The first-order valence-corrected chi connectivity index (χ1v) is 9.11. The van der Waals surface area contributed by atoms with Crippen molar-refractivity contribution < 1.29 is 23.5 Å². The van der Waals surface area contributed by atoms with Crippen LogP contribution in [0.3, 0.4) is 0 Å². The third-order valence-corrected chi connectivity index (χ3v) is 4.26. The minimum absolute atomic E-state index is 0.00557. The molecular formula is C20H19BrFNO4. The second kappa shape index (κ2) is 9.41. The molecule has 0 spiro atoms. The number of Topliss-reactive ketones (excluding diaryl/α,β-unsaturated/α-hetero) is 1. The number of carbonyl (C=O) groups is 3. The van der Waals surface area contributed by atoms with E-state index in [1.54, 1.807) is 24.3 Å². The van der Waals surface area contributed by atoms with Crippen LogP contribution in [-0.2, 0) is 9.53 Å². The van der Waals surface area contributed by atoms with Gasteiger partial charge in [0.1, 0.15) is 5.82 Å². The van der Waals surface area contributed by atoms with Gasteiger partial charge in [-0.15, -0.1) is 0 Å². The van der Waals surface area contributed by atoms with Crippen molar-refractivity contribution in [1.82, 2.24) is 0 Å². The van der Waals surface area contributed by atoms with Crippen LogP contribution in [0, 0.1) is 11.7 Å². The highest BCUT2D eigenvalue weighted by Gasteiger charge is 2.15. The molecule has 0 aliphatic heterocycles. The topological polar surface area (TPSA) is 72.5 Å². The normalized spacial score (nSPS) is 10.6. The summed E-state index contributed by atoms with van der Waals surface area (Å²) in [4.78, 5) is 35.9. The fourth-order valence-electron chi connectivity index (χ4n) is 2.27. The molecule has 0 aromatic heterocycles. The molecule has 27 heavy (non-hydrogen) atoms. The van der Waals surface area contributed by atoms with Gasteiger partial charge in [-0.1, -0.05) is 13.8 Å². The van der Waals surface area contributed by atoms with Crippen molar-refractivity contribution in [3.63, 3.8) is 0 Å². The number of halogens is 2. The van der Waals surface area contributed by atoms with E-state index in [0.717, 1.165) is 6.07 Å². The minimum atomic E-state index is -0.799. The average Bonchev–Trinajstić information content (AvgIpc) is 2.61. The van der Waals surface area contributed by atoms with Crippen LogP contribution >= 0.6 is 15.9 Å². The zero-order chi connectivity index (χ0) is 20.0. The molecule has 0 aliphatic carbocycles. The monoisotopic (exact) mass is 435 g/mol. The van der Waals surface area contributed by atoms with Gasteiger partial charge in [0, 0.05) is 22.1 Å². The van der Waals surface area contributed by atoms with Crippen molar-refractivity contribution in [3.05, 3.63) is 63.9 Å². The summed E-state index contributed by atoms with van der Waals surface area (Å²) in [6.45, 7) is 3.43. The summed E-state index contributed by atoms with van der Waals surface area (Å²) in [5.74, 6) is -1.63. The first kappa shape index (κ1) is 20.8. The molecule has 2 aromatic carbocycles. The molecule has 1 amide bonds. The van der Waals surface area contributed by atoms with Gasteiger partial charge >= 0.3 is 5.97 Å². The van der Waals surface area contributed by atoms with E-state index in [2.05, 4.69) is 21.2 Å². The molecule has 0 aliphatic rings. The van der Waals surface area contributed by atoms with Gasteiger partial charge in [0.25, 0.3) is 0 Å². The molecule has 0 saturated heterocycles. The standard InChI is InChI=1S/C20H19BrFNO4/c1-12(2)9-19(25)23-15-6-3-13(4-7-15)18(24)11-27-20(26)16-10-14(22)5-8-17(16)21/h3-8,10,12H,9,11H2,1-2H3,(H,23,25). The molecule has 0 saturated carbocycles. The van der Waals surface area contributed by atoms with Crippen LogP contribution in [0.25, 0.3) is 0 Å². The Balaban J connectivity index is 1.93. The van der Waals surface area contributed by atoms with Gasteiger partial charge in [0.15, 0.2) is 12.4 Å². The average molecular weight is 436 g/mol. The molecule has 2 rings (SSSR count). The second-order valence-electron chi connectivity index (χ2n) is 6.35. The lowest BCUT2D eigenvalue weighted by atomic mass is 10.1. The van der Waals surface area contributed by atoms with Gasteiger partial charge in [0.05, 0.1) is 5.56 Å². The smallest absolute Gasteiger partial charge is 0.339 e. The van der Waals surface area contributed by atoms with Crippen LogP contribution in [0.15, 0.2) is 46.9 Å². The number of rotatable bonds is 7. The van der Waals surface area contributed by atoms with Gasteiger partial charge in [-0.3, -0.25) is 9.59 Å². The Morgan fingerprint density at radius 1 is 1.11 bits per heavy atom. The number of ether oxygens (including phenoxy) is 1. The lowest BCUT2D eigenvalue weighted by Crippen LogP contribution is -2.15. The Morgan fingerprint density at radius 3 is 2.41 bits per heavy atom. The lowest BCUT2D eigenvalue weighted by molar-refractivity contribution is -0.116. The number of nitrogens with one attached hydrogen (secondary N) is 1. The molecule has 0 fully saturated rings. The number of hydrogen-bond donors (Lipinski definition) is 1. The fourth-order valence-corrected chi connectivity index (χ4v) is 2.68. The van der Waals surface area contributed by atoms with E-state index in [1.807, 2.05) is 13.8 Å². The highest BCUT2D eigenvalue weighted by atomic mass is 79.9. The van der Waals surface area contributed by atoms with Gasteiger partial charge < -0.3 is 10.1 Å². The van der Waals surface area contributed by atoms with E-state index in [1.165, 1.54) is 12.1 Å². The van der Waals surface area contributed by atoms with Crippen LogP contribution in [-0.4, -0.2) is 24.3 Å². The Bertz CT molecular complexity index is 850. The van der Waals surface area contributed by atoms with Crippen molar-refractivity contribution in [2.24, 2.45) is 5.92 Å². The number of hydrogen-bond acceptors (Lipinski definition) is 4. The molecule has 5 nitrogen and oxygen atoms in total. The third-order valence-electron chi connectivity index (χ3n) is 3.57. The molecule has 0 heterocycles. The number of esters is 1. The summed E-state index contributed by atoms with van der Waals surface area (Å²) in [7, 11) is 0. The SMILES string of the molecule is CC(C)CC(=O)Nc1ccc(C(=O)COC(=O)c2cc(F)ccc2Br)cc1. The highest BCUT2D eigenvalue weighted by molar-refractivity contribution is 9.10. The zero-order valence-electron chi connectivity index (χ0n) is 14.9. The molecule has 0 radical (unpaired) electrons. The summed E-state index contributed by atoms with van der Waals surface area (Å²) in [6.07, 6.45) is 0.409.